The Kier molecular flexibility index (Phi) is 2.49. The van der Waals surface area contributed by atoms with Crippen LogP contribution in [0.25, 0.3) is 0 Å². The number of esters is 1. The first-order valence-electron chi connectivity index (χ1n) is 4.74. The third-order valence-electron chi connectivity index (χ3n) is 2.23. The molecule has 2 heterocycles. The highest BCUT2D eigenvalue weighted by atomic mass is 16.5. The van der Waals surface area contributed by atoms with Gasteiger partial charge in [0.1, 0.15) is 0 Å². The Morgan fingerprint density at radius 3 is 3.14 bits per heavy atom. The fourth-order valence-electron chi connectivity index (χ4n) is 1.32. The highest BCUT2D eigenvalue weighted by Gasteiger charge is 2.20. The fraction of sp³-hybridized carbons (Fsp3) is 0.556. The zero-order chi connectivity index (χ0) is 9.97. The quantitative estimate of drug-likeness (QED) is 0.700. The highest BCUT2D eigenvalue weighted by molar-refractivity contribution is 5.86. The summed E-state index contributed by atoms with van der Waals surface area (Å²) in [6.45, 7) is 4.01. The molecule has 0 bridgehead atoms. The zero-order valence-corrected chi connectivity index (χ0v) is 8.06. The average molecular weight is 195 g/mol. The van der Waals surface area contributed by atoms with E-state index in [9.17, 15) is 4.79 Å². The molecule has 0 spiro atoms. The molecule has 5 heteroatoms. The van der Waals surface area contributed by atoms with Gasteiger partial charge in [-0.3, -0.25) is 4.68 Å². The number of carbonyl (C=O) groups excluding carboxylic acids is 1. The molecule has 1 fully saturated rings. The molecule has 1 aromatic heterocycles. The molecule has 0 saturated carbocycles. The van der Waals surface area contributed by atoms with E-state index in [2.05, 4.69) is 10.4 Å². The van der Waals surface area contributed by atoms with Crippen molar-refractivity contribution in [2.45, 2.75) is 13.0 Å². The van der Waals surface area contributed by atoms with E-state index in [-0.39, 0.29) is 5.97 Å². The number of nitrogens with zero attached hydrogens (tertiary/aromatic N) is 2. The van der Waals surface area contributed by atoms with Gasteiger partial charge in [-0.2, -0.15) is 5.10 Å². The number of nitrogens with one attached hydrogen (secondary N) is 1. The molecule has 1 N–H and O–H groups in total. The summed E-state index contributed by atoms with van der Waals surface area (Å²) in [7, 11) is 0. The van der Waals surface area contributed by atoms with Gasteiger partial charge in [0.15, 0.2) is 5.69 Å². The van der Waals surface area contributed by atoms with Crippen molar-refractivity contribution < 1.29 is 9.53 Å². The maximum absolute atomic E-state index is 11.3. The van der Waals surface area contributed by atoms with Crippen LogP contribution in [0.4, 0.5) is 0 Å². The standard InChI is InChI=1S/C9H13N3O2/c1-2-14-9(13)8-3-4-12(11-8)7-5-10-6-7/h3-4,7,10H,2,5-6H2,1H3. The summed E-state index contributed by atoms with van der Waals surface area (Å²) in [6, 6.07) is 2.08. The van der Waals surface area contributed by atoms with Gasteiger partial charge < -0.3 is 10.1 Å². The number of hydrogen-bond donors (Lipinski definition) is 1. The van der Waals surface area contributed by atoms with E-state index >= 15 is 0 Å². The Labute approximate surface area is 82.0 Å². The molecular weight excluding hydrogens is 182 g/mol. The maximum Gasteiger partial charge on any atom is 0.358 e. The van der Waals surface area contributed by atoms with Gasteiger partial charge in [-0.25, -0.2) is 4.79 Å². The molecule has 0 amide bonds. The van der Waals surface area contributed by atoms with Gasteiger partial charge in [0, 0.05) is 19.3 Å². The van der Waals surface area contributed by atoms with Gasteiger partial charge in [-0.15, -0.1) is 0 Å². The summed E-state index contributed by atoms with van der Waals surface area (Å²) in [5, 5.41) is 7.30. The van der Waals surface area contributed by atoms with Crippen LogP contribution in [0.15, 0.2) is 12.3 Å². The molecule has 2 rings (SSSR count). The van der Waals surface area contributed by atoms with E-state index in [0.29, 0.717) is 18.3 Å². The number of rotatable bonds is 3. The first kappa shape index (κ1) is 9.21. The minimum Gasteiger partial charge on any atom is -0.461 e. The number of ether oxygens (including phenoxy) is 1. The summed E-state index contributed by atoms with van der Waals surface area (Å²) in [6.07, 6.45) is 1.82. The number of hydrogen-bond acceptors (Lipinski definition) is 4. The van der Waals surface area contributed by atoms with Crippen LogP contribution >= 0.6 is 0 Å². The summed E-state index contributed by atoms with van der Waals surface area (Å²) in [5.41, 5.74) is 0.388. The molecule has 1 saturated heterocycles. The minimum absolute atomic E-state index is 0.349. The van der Waals surface area contributed by atoms with Crippen molar-refractivity contribution in [1.29, 1.82) is 0 Å². The van der Waals surface area contributed by atoms with Crippen molar-refractivity contribution in [2.75, 3.05) is 19.7 Å². The Balaban J connectivity index is 2.05. The Morgan fingerprint density at radius 1 is 1.79 bits per heavy atom. The van der Waals surface area contributed by atoms with Gasteiger partial charge in [0.05, 0.1) is 12.6 Å². The van der Waals surface area contributed by atoms with Crippen LogP contribution < -0.4 is 5.32 Å². The molecule has 5 nitrogen and oxygen atoms in total. The van der Waals surface area contributed by atoms with Crippen LogP contribution in [0.3, 0.4) is 0 Å². The average Bonchev–Trinajstić information content (AvgIpc) is 2.50. The van der Waals surface area contributed by atoms with Gasteiger partial charge in [-0.05, 0) is 13.0 Å². The smallest absolute Gasteiger partial charge is 0.358 e. The molecular formula is C9H13N3O2. The lowest BCUT2D eigenvalue weighted by molar-refractivity contribution is 0.0517. The second-order valence-electron chi connectivity index (χ2n) is 3.21. The second kappa shape index (κ2) is 3.79. The van der Waals surface area contributed by atoms with Crippen LogP contribution in [0.1, 0.15) is 23.5 Å². The molecule has 76 valence electrons. The monoisotopic (exact) mass is 195 g/mol. The van der Waals surface area contributed by atoms with Gasteiger partial charge in [-0.1, -0.05) is 0 Å². The van der Waals surface area contributed by atoms with Crippen LogP contribution in [0, 0.1) is 0 Å². The van der Waals surface area contributed by atoms with Gasteiger partial charge in [0.2, 0.25) is 0 Å². The fourth-order valence-corrected chi connectivity index (χ4v) is 1.32. The van der Waals surface area contributed by atoms with Crippen LogP contribution in [0.5, 0.6) is 0 Å². The number of carbonyl (C=O) groups is 1. The topological polar surface area (TPSA) is 56.1 Å². The van der Waals surface area contributed by atoms with Crippen molar-refractivity contribution in [1.82, 2.24) is 15.1 Å². The predicted octanol–water partition coefficient (Wildman–Crippen LogP) is 0.204. The summed E-state index contributed by atoms with van der Waals surface area (Å²) >= 11 is 0. The van der Waals surface area contributed by atoms with E-state index in [0.717, 1.165) is 13.1 Å². The molecule has 14 heavy (non-hydrogen) atoms. The Bertz CT molecular complexity index is 331. The van der Waals surface area contributed by atoms with Gasteiger partial charge >= 0.3 is 5.97 Å². The number of aromatic nitrogens is 2. The second-order valence-corrected chi connectivity index (χ2v) is 3.21. The molecule has 0 unspecified atom stereocenters. The third kappa shape index (κ3) is 1.63. The molecule has 0 aromatic carbocycles. The maximum atomic E-state index is 11.3. The predicted molar refractivity (Wildman–Crippen MR) is 50.1 cm³/mol. The van der Waals surface area contributed by atoms with Crippen LogP contribution in [0.2, 0.25) is 0 Å². The third-order valence-corrected chi connectivity index (χ3v) is 2.23. The summed E-state index contributed by atoms with van der Waals surface area (Å²) in [4.78, 5) is 11.3. The van der Waals surface area contributed by atoms with Gasteiger partial charge in [0.25, 0.3) is 0 Å². The Morgan fingerprint density at radius 2 is 2.57 bits per heavy atom. The lowest BCUT2D eigenvalue weighted by Gasteiger charge is -2.27. The van der Waals surface area contributed by atoms with E-state index in [1.54, 1.807) is 13.0 Å². The van der Waals surface area contributed by atoms with E-state index < -0.39 is 0 Å². The van der Waals surface area contributed by atoms with Crippen molar-refractivity contribution in [3.8, 4) is 0 Å². The molecule has 0 aliphatic carbocycles. The van der Waals surface area contributed by atoms with Crippen molar-refractivity contribution in [3.63, 3.8) is 0 Å². The largest absolute Gasteiger partial charge is 0.461 e. The SMILES string of the molecule is CCOC(=O)c1ccn(C2CNC2)n1. The molecule has 1 aliphatic heterocycles. The normalized spacial score (nSPS) is 16.4. The Hall–Kier alpha value is -1.36. The van der Waals surface area contributed by atoms with Crippen LogP contribution in [-0.4, -0.2) is 35.4 Å². The van der Waals surface area contributed by atoms with E-state index in [1.165, 1.54) is 0 Å². The van der Waals surface area contributed by atoms with Crippen molar-refractivity contribution >= 4 is 5.97 Å². The van der Waals surface area contributed by atoms with E-state index in [4.69, 9.17) is 4.74 Å². The summed E-state index contributed by atoms with van der Waals surface area (Å²) < 4.78 is 6.65. The zero-order valence-electron chi connectivity index (χ0n) is 8.06. The molecule has 1 aliphatic rings. The lowest BCUT2D eigenvalue weighted by Crippen LogP contribution is -2.43. The van der Waals surface area contributed by atoms with E-state index in [1.807, 2.05) is 10.9 Å². The van der Waals surface area contributed by atoms with Crippen LogP contribution in [-0.2, 0) is 4.74 Å². The minimum atomic E-state index is -0.349. The highest BCUT2D eigenvalue weighted by Crippen LogP contribution is 2.10. The molecule has 1 aromatic rings. The summed E-state index contributed by atoms with van der Waals surface area (Å²) in [5.74, 6) is -0.349. The first-order chi connectivity index (χ1) is 6.81. The van der Waals surface area contributed by atoms with Crippen molar-refractivity contribution in [2.24, 2.45) is 0 Å². The molecule has 0 radical (unpaired) electrons. The first-order valence-corrected chi connectivity index (χ1v) is 4.74. The lowest BCUT2D eigenvalue weighted by atomic mass is 10.2. The molecule has 0 atom stereocenters. The van der Waals surface area contributed by atoms with Crippen molar-refractivity contribution in [3.05, 3.63) is 18.0 Å².